The van der Waals surface area contributed by atoms with Gasteiger partial charge in [-0.25, -0.2) is 18.5 Å². The number of phosphoric acid groups is 1. The van der Waals surface area contributed by atoms with E-state index in [0.717, 1.165) is 56.7 Å². The molecule has 0 saturated carbocycles. The van der Waals surface area contributed by atoms with E-state index in [1.54, 1.807) is 0 Å². The number of unbranched alkanes of at least 4 members (excludes halogenated alkanes) is 14. The van der Waals surface area contributed by atoms with Crippen LogP contribution in [-0.2, 0) is 41.9 Å². The van der Waals surface area contributed by atoms with E-state index < -0.39 is 79.3 Å². The van der Waals surface area contributed by atoms with Crippen LogP contribution in [0.15, 0.2) is 43.7 Å². The Morgan fingerprint density at radius 1 is 0.738 bits per heavy atom. The number of rotatable bonds is 29. The van der Waals surface area contributed by atoms with Crippen molar-refractivity contribution in [2.75, 3.05) is 48.1 Å². The molecular weight excluding hydrogens is 820 g/mol. The fourth-order valence-electron chi connectivity index (χ4n) is 8.17. The van der Waals surface area contributed by atoms with Crippen molar-refractivity contribution in [2.45, 2.75) is 153 Å². The van der Waals surface area contributed by atoms with Crippen LogP contribution in [0.1, 0.15) is 122 Å². The predicted molar refractivity (Wildman–Crippen MR) is 224 cm³/mol. The molecule has 2 aromatic heterocycles. The molecule has 4 rings (SSSR count). The summed E-state index contributed by atoms with van der Waals surface area (Å²) >= 11 is 0. The highest BCUT2D eigenvalue weighted by Crippen LogP contribution is 2.52. The lowest BCUT2D eigenvalue weighted by Gasteiger charge is -2.31. The number of H-pyrrole nitrogens is 2. The Labute approximate surface area is 356 Å². The lowest BCUT2D eigenvalue weighted by atomic mass is 9.93. The average molecular weight is 888 g/mol. The van der Waals surface area contributed by atoms with E-state index in [1.165, 1.54) is 100 Å². The van der Waals surface area contributed by atoms with E-state index in [2.05, 4.69) is 16.9 Å². The summed E-state index contributed by atoms with van der Waals surface area (Å²) in [4.78, 5) is 69.5. The van der Waals surface area contributed by atoms with Gasteiger partial charge >= 0.3 is 19.2 Å². The second-order valence-corrected chi connectivity index (χ2v) is 17.6. The van der Waals surface area contributed by atoms with Gasteiger partial charge in [0, 0.05) is 78.4 Å². The van der Waals surface area contributed by atoms with Gasteiger partial charge in [-0.05, 0) is 6.42 Å². The molecule has 0 radical (unpaired) electrons. The van der Waals surface area contributed by atoms with E-state index in [0.29, 0.717) is 6.42 Å². The molecule has 2 aliphatic heterocycles. The first-order valence-corrected chi connectivity index (χ1v) is 23.1. The maximum absolute atomic E-state index is 16.4. The second kappa shape index (κ2) is 25.7. The first kappa shape index (κ1) is 50.4. The van der Waals surface area contributed by atoms with Crippen molar-refractivity contribution in [3.8, 4) is 0 Å². The van der Waals surface area contributed by atoms with Gasteiger partial charge in [0.15, 0.2) is 18.6 Å². The number of carbonyl (C=O) groups is 1. The third-order valence-corrected chi connectivity index (χ3v) is 12.9. The summed E-state index contributed by atoms with van der Waals surface area (Å²) in [6, 6.07) is 2.21. The van der Waals surface area contributed by atoms with Crippen LogP contribution in [0.2, 0.25) is 0 Å². The Balaban J connectivity index is 1.50. The number of hydrogen-bond donors (Lipinski definition) is 2. The molecule has 0 aliphatic carbocycles. The number of aromatic nitrogens is 4. The minimum atomic E-state index is -4.33. The predicted octanol–water partition coefficient (Wildman–Crippen LogP) is 5.37. The number of nitrogens with one attached hydrogen (secondary N) is 2. The zero-order chi connectivity index (χ0) is 44.4. The normalized spacial score (nSPS) is 24.1. The van der Waals surface area contributed by atoms with Crippen LogP contribution in [0.3, 0.4) is 0 Å². The first-order chi connectivity index (χ1) is 29.4. The summed E-state index contributed by atoms with van der Waals surface area (Å²) in [5.41, 5.74) is -2.95. The lowest BCUT2D eigenvalue weighted by molar-refractivity contribution is -0.137. The summed E-state index contributed by atoms with van der Waals surface area (Å²) in [5.74, 6) is -1.04. The number of nitrogens with zero attached hydrogens (tertiary/aromatic N) is 3. The Kier molecular flexibility index (Phi) is 21.2. The van der Waals surface area contributed by atoms with Crippen LogP contribution in [0.4, 0.5) is 4.39 Å². The Hall–Kier alpha value is -3.29. The number of hydrogen-bond acceptors (Lipinski definition) is 13. The summed E-state index contributed by atoms with van der Waals surface area (Å²) in [7, 11) is 0.712. The number of halogens is 1. The molecule has 2 aliphatic rings. The molecule has 2 aromatic rings. The average Bonchev–Trinajstić information content (AvgIpc) is 3.73. The van der Waals surface area contributed by atoms with Crippen molar-refractivity contribution in [3.05, 3.63) is 66.2 Å². The SMILES string of the molecule is CCCCCCCCCCCCCCCCCN(C[C@H]1O[C@@H](n2ccc(=O)[nH]c2=O)C(F)C1OP(=O)(OC)OC)C(=O)CC1C(OC)[C@H](n2ccc(=O)[nH]c2=O)O[C@@H]1COC. The minimum Gasteiger partial charge on any atom is -0.382 e. The van der Waals surface area contributed by atoms with Crippen LogP contribution in [0, 0.1) is 5.92 Å². The minimum absolute atomic E-state index is 0.0512. The molecule has 2 fully saturated rings. The van der Waals surface area contributed by atoms with E-state index in [4.69, 9.17) is 32.5 Å². The highest BCUT2D eigenvalue weighted by molar-refractivity contribution is 7.48. The van der Waals surface area contributed by atoms with Crippen LogP contribution in [0.25, 0.3) is 0 Å². The van der Waals surface area contributed by atoms with Gasteiger partial charge in [0.25, 0.3) is 11.1 Å². The van der Waals surface area contributed by atoms with Crippen LogP contribution in [-0.4, -0.2) is 109 Å². The molecule has 8 atom stereocenters. The Morgan fingerprint density at radius 3 is 1.70 bits per heavy atom. The topological polar surface area (TPSA) is 212 Å². The molecule has 18 nitrogen and oxygen atoms in total. The van der Waals surface area contributed by atoms with E-state index >= 15 is 4.39 Å². The summed E-state index contributed by atoms with van der Waals surface area (Å²) in [6.45, 7) is 2.26. The molecule has 4 unspecified atom stereocenters. The fourth-order valence-corrected chi connectivity index (χ4v) is 9.04. The Morgan fingerprint density at radius 2 is 1.23 bits per heavy atom. The van der Waals surface area contributed by atoms with Crippen molar-refractivity contribution in [1.82, 2.24) is 24.0 Å². The zero-order valence-corrected chi connectivity index (χ0v) is 37.2. The summed E-state index contributed by atoms with van der Waals surface area (Å²) < 4.78 is 70.8. The van der Waals surface area contributed by atoms with Gasteiger partial charge in [-0.2, -0.15) is 0 Å². The highest BCUT2D eigenvalue weighted by atomic mass is 31.2. The van der Waals surface area contributed by atoms with Gasteiger partial charge in [0.1, 0.15) is 18.3 Å². The third-order valence-electron chi connectivity index (χ3n) is 11.5. The molecule has 0 aromatic carbocycles. The molecule has 0 bridgehead atoms. The number of alkyl halides is 1. The van der Waals surface area contributed by atoms with Crippen molar-refractivity contribution >= 4 is 13.7 Å². The smallest absolute Gasteiger partial charge is 0.382 e. The third kappa shape index (κ3) is 14.6. The monoisotopic (exact) mass is 887 g/mol. The summed E-state index contributed by atoms with van der Waals surface area (Å²) in [6.07, 6.45) is 10.3. The molecule has 4 heterocycles. The van der Waals surface area contributed by atoms with Crippen molar-refractivity contribution in [1.29, 1.82) is 0 Å². The van der Waals surface area contributed by atoms with Gasteiger partial charge in [-0.1, -0.05) is 96.8 Å². The van der Waals surface area contributed by atoms with E-state index in [-0.39, 0.29) is 32.0 Å². The zero-order valence-electron chi connectivity index (χ0n) is 36.3. The number of amides is 1. The number of ether oxygens (including phenoxy) is 4. The molecule has 20 heteroatoms. The van der Waals surface area contributed by atoms with Gasteiger partial charge < -0.3 is 23.8 Å². The number of methoxy groups -OCH3 is 2. The van der Waals surface area contributed by atoms with Gasteiger partial charge in [0.05, 0.1) is 12.7 Å². The molecule has 61 heavy (non-hydrogen) atoms. The van der Waals surface area contributed by atoms with Crippen molar-refractivity contribution < 1.29 is 46.3 Å². The number of phosphoric ester groups is 1. The lowest BCUT2D eigenvalue weighted by Crippen LogP contribution is -2.45. The van der Waals surface area contributed by atoms with Crippen LogP contribution < -0.4 is 22.5 Å². The molecular formula is C41H67FN5O13P. The highest BCUT2D eigenvalue weighted by Gasteiger charge is 2.52. The quantitative estimate of drug-likeness (QED) is 0.0778. The second-order valence-electron chi connectivity index (χ2n) is 15.8. The first-order valence-electron chi connectivity index (χ1n) is 21.7. The van der Waals surface area contributed by atoms with Crippen molar-refractivity contribution in [2.24, 2.45) is 5.92 Å². The van der Waals surface area contributed by atoms with Crippen LogP contribution >= 0.6 is 7.82 Å². The fraction of sp³-hybridized carbons (Fsp3) is 0.780. The molecule has 346 valence electrons. The van der Waals surface area contributed by atoms with Crippen LogP contribution in [0.5, 0.6) is 0 Å². The standard InChI is InChI=1S/C41H67FN5O13P/c1-6-7-8-9-10-11-12-13-14-15-16-17-18-19-20-23-45(34(50)26-29-31(28-54-2)59-39(36(29)55-3)47-25-22-33(49)44-41(47)52)27-30-37(60-61(53,56-4)57-5)35(42)38(58-30)46-24-21-32(48)43-40(46)51/h21-22,24-25,29-31,35-39H,6-20,23,26-28H2,1-5H3,(H,43,48,51)(H,44,49,52)/t29?,30-,31-,35?,36?,37?,38-,39-/m1/s1. The summed E-state index contributed by atoms with van der Waals surface area (Å²) in [5, 5.41) is 0. The van der Waals surface area contributed by atoms with Crippen molar-refractivity contribution in [3.63, 3.8) is 0 Å². The largest absolute Gasteiger partial charge is 0.474 e. The number of aromatic amines is 2. The number of carbonyl (C=O) groups excluding carboxylic acids is 1. The van der Waals surface area contributed by atoms with Gasteiger partial charge in [-0.15, -0.1) is 0 Å². The maximum Gasteiger partial charge on any atom is 0.474 e. The Bertz CT molecular complexity index is 1900. The molecule has 2 saturated heterocycles. The van der Waals surface area contributed by atoms with Gasteiger partial charge in [-0.3, -0.25) is 47.1 Å². The van der Waals surface area contributed by atoms with E-state index in [9.17, 15) is 28.5 Å². The molecule has 2 N–H and O–H groups in total. The molecule has 1 amide bonds. The van der Waals surface area contributed by atoms with E-state index in [1.807, 2.05) is 0 Å². The maximum atomic E-state index is 16.4. The van der Waals surface area contributed by atoms with Gasteiger partial charge in [0.2, 0.25) is 5.91 Å². The molecule has 0 spiro atoms.